The second-order valence-corrected chi connectivity index (χ2v) is 14.2. The zero-order chi connectivity index (χ0) is 32.2. The molecule has 3 aromatic rings. The van der Waals surface area contributed by atoms with Crippen LogP contribution < -0.4 is 9.64 Å². The predicted molar refractivity (Wildman–Crippen MR) is 175 cm³/mol. The van der Waals surface area contributed by atoms with Gasteiger partial charge in [0.2, 0.25) is 17.7 Å². The van der Waals surface area contributed by atoms with E-state index in [1.165, 1.54) is 11.8 Å². The van der Waals surface area contributed by atoms with Gasteiger partial charge in [-0.25, -0.2) is 4.68 Å². The fourth-order valence-electron chi connectivity index (χ4n) is 7.75. The molecule has 7 rings (SSSR count). The van der Waals surface area contributed by atoms with Crippen LogP contribution >= 0.6 is 11.8 Å². The van der Waals surface area contributed by atoms with E-state index in [1.807, 2.05) is 93.6 Å². The number of amides is 3. The van der Waals surface area contributed by atoms with Crippen molar-refractivity contribution in [2.24, 2.45) is 11.8 Å². The summed E-state index contributed by atoms with van der Waals surface area (Å²) in [5.74, 6) is -1.49. The van der Waals surface area contributed by atoms with E-state index in [9.17, 15) is 19.5 Å². The van der Waals surface area contributed by atoms with Crippen molar-refractivity contribution in [2.45, 2.75) is 55.4 Å². The van der Waals surface area contributed by atoms with Gasteiger partial charge in [-0.2, -0.15) is 0 Å². The van der Waals surface area contributed by atoms with Gasteiger partial charge in [-0.15, -0.1) is 16.9 Å². The highest BCUT2D eigenvalue weighted by atomic mass is 32.2. The number of carbonyl (C=O) groups excluding carboxylic acids is 3. The Bertz CT molecular complexity index is 1740. The molecule has 240 valence electrons. The minimum absolute atomic E-state index is 0.147. The first-order valence-electron chi connectivity index (χ1n) is 15.9. The molecule has 4 aliphatic heterocycles. The Hall–Kier alpha value is -4.16. The summed E-state index contributed by atoms with van der Waals surface area (Å²) in [6.07, 6.45) is 8.44. The summed E-state index contributed by atoms with van der Waals surface area (Å²) >= 11 is 1.53. The van der Waals surface area contributed by atoms with Gasteiger partial charge in [0.1, 0.15) is 24.0 Å². The highest BCUT2D eigenvalue weighted by Crippen LogP contribution is 2.66. The lowest BCUT2D eigenvalue weighted by Crippen LogP contribution is -2.56. The number of ether oxygens (including phenoxy) is 1. The molecule has 4 aliphatic rings. The van der Waals surface area contributed by atoms with Crippen LogP contribution in [0.3, 0.4) is 0 Å². The number of benzene rings is 2. The maximum absolute atomic E-state index is 14.8. The van der Waals surface area contributed by atoms with E-state index in [1.54, 1.807) is 19.4 Å². The number of anilines is 1. The number of aliphatic hydroxyl groups excluding tert-OH is 1. The molecule has 1 spiro atoms. The van der Waals surface area contributed by atoms with Crippen molar-refractivity contribution in [1.29, 1.82) is 0 Å². The maximum atomic E-state index is 14.8. The normalized spacial score (nSPS) is 29.5. The number of hydrogen-bond donors (Lipinski definition) is 1. The van der Waals surface area contributed by atoms with Crippen LogP contribution in [0.4, 0.5) is 5.69 Å². The summed E-state index contributed by atoms with van der Waals surface area (Å²) in [5.41, 5.74) is 2.24. The number of fused-ring (bicyclic) bond motifs is 3. The van der Waals surface area contributed by atoms with E-state index in [4.69, 9.17) is 4.74 Å². The van der Waals surface area contributed by atoms with Crippen LogP contribution in [-0.4, -0.2) is 95.5 Å². The van der Waals surface area contributed by atoms with Gasteiger partial charge in [-0.1, -0.05) is 48.6 Å². The minimum Gasteiger partial charge on any atom is -0.494 e. The molecule has 46 heavy (non-hydrogen) atoms. The van der Waals surface area contributed by atoms with Crippen LogP contribution in [0.2, 0.25) is 0 Å². The highest BCUT2D eigenvalue weighted by molar-refractivity contribution is 8.02. The van der Waals surface area contributed by atoms with Crippen molar-refractivity contribution in [2.75, 3.05) is 31.2 Å². The summed E-state index contributed by atoms with van der Waals surface area (Å²) in [6.45, 7) is 6.89. The molecular weight excluding hydrogens is 604 g/mol. The Labute approximate surface area is 271 Å². The quantitative estimate of drug-likeness (QED) is 0.372. The molecule has 6 atom stereocenters. The first-order valence-corrected chi connectivity index (χ1v) is 16.7. The number of nitrogens with zero attached hydrogens (tertiary/aromatic N) is 6. The molecule has 1 unspecified atom stereocenters. The zero-order valence-corrected chi connectivity index (χ0v) is 27.0. The van der Waals surface area contributed by atoms with Gasteiger partial charge in [0.05, 0.1) is 41.4 Å². The lowest BCUT2D eigenvalue weighted by Gasteiger charge is -2.39. The summed E-state index contributed by atoms with van der Waals surface area (Å²) in [7, 11) is 0. The summed E-state index contributed by atoms with van der Waals surface area (Å²) in [4.78, 5) is 49.2. The number of hydrogen-bond acceptors (Lipinski definition) is 8. The number of thioether (sulfide) groups is 1. The van der Waals surface area contributed by atoms with Gasteiger partial charge in [0.25, 0.3) is 0 Å². The second kappa shape index (κ2) is 11.6. The smallest absolute Gasteiger partial charge is 0.248 e. The fraction of sp³-hybridized carbons (Fsp3) is 0.441. The Kier molecular flexibility index (Phi) is 7.67. The zero-order valence-electron chi connectivity index (χ0n) is 26.2. The first kappa shape index (κ1) is 30.5. The third kappa shape index (κ3) is 4.56. The van der Waals surface area contributed by atoms with Crippen LogP contribution in [0.25, 0.3) is 11.0 Å². The van der Waals surface area contributed by atoms with E-state index in [0.29, 0.717) is 37.6 Å². The van der Waals surface area contributed by atoms with Crippen molar-refractivity contribution in [3.63, 3.8) is 0 Å². The van der Waals surface area contributed by atoms with E-state index >= 15 is 0 Å². The molecule has 5 heterocycles. The molecule has 0 aliphatic carbocycles. The standard InChI is InChI=1S/C34H38N6O5S/c1-4-22(20-41)40-29-32(44)37(21-39-26-11-7-6-10-25(26)35-36-39)18-9-17-34(29)28(31(40)43)27-30(42)38(19-8-16-33(27,3)46-34)23-12-14-24(15-13-23)45-5-2/h6-17,22,27-29,41H,4-5,18-21H2,1-3H3/t22-,27+,28-,29?,33-,34-/m0/s1. The van der Waals surface area contributed by atoms with Crippen LogP contribution in [0, 0.1) is 11.8 Å². The fourth-order valence-corrected chi connectivity index (χ4v) is 9.89. The lowest BCUT2D eigenvalue weighted by molar-refractivity contribution is -0.146. The van der Waals surface area contributed by atoms with Crippen molar-refractivity contribution in [1.82, 2.24) is 24.8 Å². The largest absolute Gasteiger partial charge is 0.494 e. The minimum atomic E-state index is -1.02. The van der Waals surface area contributed by atoms with Crippen molar-refractivity contribution < 1.29 is 24.2 Å². The lowest BCUT2D eigenvalue weighted by atomic mass is 9.74. The molecule has 1 aromatic heterocycles. The second-order valence-electron chi connectivity index (χ2n) is 12.4. The number of para-hydroxylation sites is 1. The van der Waals surface area contributed by atoms with Crippen LogP contribution in [0.15, 0.2) is 72.8 Å². The van der Waals surface area contributed by atoms with Crippen molar-refractivity contribution >= 4 is 46.2 Å². The van der Waals surface area contributed by atoms with E-state index in [-0.39, 0.29) is 31.0 Å². The number of aliphatic hydroxyl groups is 1. The number of likely N-dealkylation sites (tertiary alicyclic amines) is 1. The van der Waals surface area contributed by atoms with Crippen LogP contribution in [-0.2, 0) is 21.1 Å². The third-order valence-electron chi connectivity index (χ3n) is 9.84. The average Bonchev–Trinajstić information content (AvgIpc) is 3.59. The molecule has 0 saturated carbocycles. The molecule has 1 N–H and O–H groups in total. The molecule has 12 heteroatoms. The van der Waals surface area contributed by atoms with Gasteiger partial charge in [-0.05, 0) is 56.7 Å². The van der Waals surface area contributed by atoms with Gasteiger partial charge in [0, 0.05) is 23.5 Å². The molecule has 2 fully saturated rings. The average molecular weight is 643 g/mol. The number of rotatable bonds is 8. The summed E-state index contributed by atoms with van der Waals surface area (Å²) < 4.78 is 5.54. The van der Waals surface area contributed by atoms with Gasteiger partial charge < -0.3 is 24.5 Å². The Morgan fingerprint density at radius 1 is 0.978 bits per heavy atom. The highest BCUT2D eigenvalue weighted by Gasteiger charge is 2.74. The topological polar surface area (TPSA) is 121 Å². The molecule has 2 saturated heterocycles. The van der Waals surface area contributed by atoms with E-state index in [0.717, 1.165) is 11.0 Å². The Morgan fingerprint density at radius 3 is 2.48 bits per heavy atom. The molecule has 3 amide bonds. The van der Waals surface area contributed by atoms with Crippen LogP contribution in [0.5, 0.6) is 5.75 Å². The molecule has 0 bridgehead atoms. The van der Waals surface area contributed by atoms with Crippen molar-refractivity contribution in [3.05, 3.63) is 72.8 Å². The third-order valence-corrected chi connectivity index (χ3v) is 11.6. The number of aromatic nitrogens is 3. The predicted octanol–water partition coefficient (Wildman–Crippen LogP) is 3.25. The molecular formula is C34H38N6O5S. The van der Waals surface area contributed by atoms with E-state index < -0.39 is 33.4 Å². The van der Waals surface area contributed by atoms with E-state index in [2.05, 4.69) is 10.3 Å². The van der Waals surface area contributed by atoms with Gasteiger partial charge in [-0.3, -0.25) is 14.4 Å². The molecule has 0 radical (unpaired) electrons. The maximum Gasteiger partial charge on any atom is 0.248 e. The van der Waals surface area contributed by atoms with Crippen molar-refractivity contribution in [3.8, 4) is 5.75 Å². The summed E-state index contributed by atoms with van der Waals surface area (Å²) in [6, 6.07) is 13.5. The molecule has 2 aromatic carbocycles. The first-order chi connectivity index (χ1) is 22.3. The van der Waals surface area contributed by atoms with Gasteiger partial charge in [0.15, 0.2) is 0 Å². The van der Waals surface area contributed by atoms with Gasteiger partial charge >= 0.3 is 0 Å². The number of carbonyl (C=O) groups is 3. The van der Waals surface area contributed by atoms with Crippen LogP contribution in [0.1, 0.15) is 27.2 Å². The Balaban J connectivity index is 1.29. The Morgan fingerprint density at radius 2 is 1.74 bits per heavy atom. The monoisotopic (exact) mass is 642 g/mol. The molecule has 11 nitrogen and oxygen atoms in total. The SMILES string of the molecule is CCOc1ccc(N2CC=C[C@]3(C)S[C@]45C=CCN(Cn6nnc7ccccc76)C(=O)C4N([C@@H](CC)CO)C(=O)[C@@H]5[C@@H]3C2=O)cc1. The summed E-state index contributed by atoms with van der Waals surface area (Å²) in [5, 5.41) is 19.0.